The molecule has 3 unspecified atom stereocenters. The number of nitrogens with two attached hydrogens (primary N) is 1. The van der Waals surface area contributed by atoms with Crippen LogP contribution in [0.5, 0.6) is 0 Å². The van der Waals surface area contributed by atoms with Gasteiger partial charge in [0.2, 0.25) is 0 Å². The lowest BCUT2D eigenvalue weighted by Gasteiger charge is -2.42. The summed E-state index contributed by atoms with van der Waals surface area (Å²) >= 11 is 0. The van der Waals surface area contributed by atoms with Gasteiger partial charge in [0.1, 0.15) is 0 Å². The Morgan fingerprint density at radius 3 is 2.69 bits per heavy atom. The molecule has 2 aliphatic rings. The number of hydrogen-bond acceptors (Lipinski definition) is 4. The van der Waals surface area contributed by atoms with Crippen LogP contribution in [0.15, 0.2) is 0 Å². The van der Waals surface area contributed by atoms with Crippen molar-refractivity contribution in [3.63, 3.8) is 0 Å². The lowest BCUT2D eigenvalue weighted by Crippen LogP contribution is -2.53. The highest BCUT2D eigenvalue weighted by molar-refractivity contribution is 7.91. The molecule has 1 aliphatic heterocycles. The van der Waals surface area contributed by atoms with E-state index in [1.54, 1.807) is 0 Å². The first-order valence-corrected chi connectivity index (χ1v) is 8.02. The first-order valence-electron chi connectivity index (χ1n) is 6.20. The minimum absolute atomic E-state index is 0.161. The Morgan fingerprint density at radius 1 is 1.31 bits per heavy atom. The second kappa shape index (κ2) is 4.63. The summed E-state index contributed by atoms with van der Waals surface area (Å²) in [4.78, 5) is 2.36. The number of rotatable bonds is 1. The van der Waals surface area contributed by atoms with Crippen molar-refractivity contribution in [1.82, 2.24) is 4.90 Å². The summed E-state index contributed by atoms with van der Waals surface area (Å²) in [6.07, 6.45) is 4.52. The van der Waals surface area contributed by atoms with Gasteiger partial charge in [0.05, 0.1) is 11.5 Å². The summed E-state index contributed by atoms with van der Waals surface area (Å²) in [5.74, 6) is 0.641. The Labute approximate surface area is 98.1 Å². The molecule has 0 aromatic rings. The number of hydrogen-bond donors (Lipinski definition) is 1. The van der Waals surface area contributed by atoms with Crippen LogP contribution >= 0.6 is 0 Å². The van der Waals surface area contributed by atoms with Gasteiger partial charge >= 0.3 is 0 Å². The highest BCUT2D eigenvalue weighted by atomic mass is 32.2. The summed E-state index contributed by atoms with van der Waals surface area (Å²) in [6.45, 7) is 2.72. The molecule has 4 nitrogen and oxygen atoms in total. The third-order valence-electron chi connectivity index (χ3n) is 3.88. The van der Waals surface area contributed by atoms with Gasteiger partial charge in [-0.25, -0.2) is 8.42 Å². The molecular weight excluding hydrogens is 224 g/mol. The van der Waals surface area contributed by atoms with Gasteiger partial charge in [-0.3, -0.25) is 4.90 Å². The summed E-state index contributed by atoms with van der Waals surface area (Å²) in [5.41, 5.74) is 5.99. The maximum Gasteiger partial charge on any atom is 0.153 e. The summed E-state index contributed by atoms with van der Waals surface area (Å²) in [7, 11) is -2.79. The van der Waals surface area contributed by atoms with Crippen molar-refractivity contribution in [3.05, 3.63) is 0 Å². The Kier molecular flexibility index (Phi) is 3.56. The fourth-order valence-corrected chi connectivity index (χ4v) is 4.64. The van der Waals surface area contributed by atoms with Crippen molar-refractivity contribution < 1.29 is 8.42 Å². The smallest absolute Gasteiger partial charge is 0.153 e. The van der Waals surface area contributed by atoms with E-state index in [9.17, 15) is 8.42 Å². The molecule has 1 heterocycles. The van der Waals surface area contributed by atoms with Crippen LogP contribution in [0.2, 0.25) is 0 Å². The van der Waals surface area contributed by atoms with Gasteiger partial charge in [-0.1, -0.05) is 6.42 Å². The van der Waals surface area contributed by atoms with E-state index >= 15 is 0 Å². The van der Waals surface area contributed by atoms with Crippen LogP contribution in [0.4, 0.5) is 0 Å². The van der Waals surface area contributed by atoms with E-state index in [2.05, 4.69) is 4.90 Å². The zero-order valence-corrected chi connectivity index (χ0v) is 10.7. The maximum atomic E-state index is 11.5. The third kappa shape index (κ3) is 2.76. The van der Waals surface area contributed by atoms with Crippen LogP contribution in [-0.2, 0) is 9.84 Å². The molecule has 0 aromatic carbocycles. The van der Waals surface area contributed by atoms with Gasteiger partial charge in [-0.05, 0) is 26.2 Å². The van der Waals surface area contributed by atoms with E-state index in [1.807, 2.05) is 6.92 Å². The van der Waals surface area contributed by atoms with Gasteiger partial charge in [0.25, 0.3) is 0 Å². The first-order chi connectivity index (χ1) is 7.48. The van der Waals surface area contributed by atoms with Gasteiger partial charge < -0.3 is 5.73 Å². The van der Waals surface area contributed by atoms with Gasteiger partial charge in [-0.15, -0.1) is 0 Å². The quantitative estimate of drug-likeness (QED) is 0.726. The first kappa shape index (κ1) is 12.3. The molecule has 1 saturated carbocycles. The average Bonchev–Trinajstić information content (AvgIpc) is 2.15. The van der Waals surface area contributed by atoms with Gasteiger partial charge in [0.15, 0.2) is 9.84 Å². The Morgan fingerprint density at radius 2 is 2.06 bits per heavy atom. The summed E-state index contributed by atoms with van der Waals surface area (Å²) in [5, 5.41) is 0. The van der Waals surface area contributed by atoms with Crippen LogP contribution in [0, 0.1) is 0 Å². The predicted molar refractivity (Wildman–Crippen MR) is 65.1 cm³/mol. The molecule has 3 atom stereocenters. The number of sulfone groups is 1. The number of nitrogens with zero attached hydrogens (tertiary/aromatic N) is 1. The topological polar surface area (TPSA) is 63.4 Å². The lowest BCUT2D eigenvalue weighted by atomic mass is 9.90. The van der Waals surface area contributed by atoms with Crippen molar-refractivity contribution in [2.75, 3.05) is 18.1 Å². The van der Waals surface area contributed by atoms with Crippen LogP contribution < -0.4 is 5.73 Å². The molecular formula is C11H22N2O2S. The van der Waals surface area contributed by atoms with Crippen molar-refractivity contribution >= 4 is 9.84 Å². The van der Waals surface area contributed by atoms with Crippen LogP contribution in [0.3, 0.4) is 0 Å². The van der Waals surface area contributed by atoms with Gasteiger partial charge in [0, 0.05) is 24.7 Å². The molecule has 1 aliphatic carbocycles. The average molecular weight is 246 g/mol. The van der Waals surface area contributed by atoms with Crippen LogP contribution in [0.1, 0.15) is 32.6 Å². The van der Waals surface area contributed by atoms with Crippen molar-refractivity contribution in [3.8, 4) is 0 Å². The Balaban J connectivity index is 1.99. The molecule has 1 saturated heterocycles. The monoisotopic (exact) mass is 246 g/mol. The van der Waals surface area contributed by atoms with Crippen LogP contribution in [-0.4, -0.2) is 49.5 Å². The molecule has 0 bridgehead atoms. The molecule has 0 aromatic heterocycles. The zero-order chi connectivity index (χ0) is 11.8. The molecule has 94 valence electrons. The lowest BCUT2D eigenvalue weighted by molar-refractivity contribution is 0.117. The van der Waals surface area contributed by atoms with Crippen molar-refractivity contribution in [2.24, 2.45) is 5.73 Å². The van der Waals surface area contributed by atoms with E-state index in [4.69, 9.17) is 5.73 Å². The largest absolute Gasteiger partial charge is 0.328 e. The highest BCUT2D eigenvalue weighted by Gasteiger charge is 2.34. The van der Waals surface area contributed by atoms with E-state index < -0.39 is 9.84 Å². The zero-order valence-electron chi connectivity index (χ0n) is 9.93. The van der Waals surface area contributed by atoms with E-state index in [1.165, 1.54) is 12.8 Å². The molecule has 16 heavy (non-hydrogen) atoms. The third-order valence-corrected chi connectivity index (χ3v) is 5.67. The Bertz CT molecular complexity index is 342. The second-order valence-corrected chi connectivity index (χ2v) is 7.51. The maximum absolute atomic E-state index is 11.5. The van der Waals surface area contributed by atoms with E-state index in [0.717, 1.165) is 12.8 Å². The van der Waals surface area contributed by atoms with Crippen molar-refractivity contribution in [2.45, 2.75) is 50.7 Å². The molecule has 2 rings (SSSR count). The van der Waals surface area contributed by atoms with Crippen LogP contribution in [0.25, 0.3) is 0 Å². The highest BCUT2D eigenvalue weighted by Crippen LogP contribution is 2.25. The standard InChI is InChI=1S/C11H22N2O2S/c1-9-8-16(14,15)6-5-13(9)11-4-2-3-10(12)7-11/h9-11H,2-8,12H2,1H3. The fourth-order valence-electron chi connectivity index (χ4n) is 3.06. The molecule has 5 heteroatoms. The summed E-state index contributed by atoms with van der Waals surface area (Å²) < 4.78 is 23.0. The molecule has 2 N–H and O–H groups in total. The molecule has 0 amide bonds. The molecule has 0 spiro atoms. The second-order valence-electron chi connectivity index (χ2n) is 5.28. The SMILES string of the molecule is CC1CS(=O)(=O)CCN1C1CCCC(N)C1. The van der Waals surface area contributed by atoms with Gasteiger partial charge in [-0.2, -0.15) is 0 Å². The fraction of sp³-hybridized carbons (Fsp3) is 1.00. The van der Waals surface area contributed by atoms with Crippen molar-refractivity contribution in [1.29, 1.82) is 0 Å². The van der Waals surface area contributed by atoms with E-state index in [-0.39, 0.29) is 6.04 Å². The normalized spacial score (nSPS) is 40.8. The molecule has 0 radical (unpaired) electrons. The summed E-state index contributed by atoms with van der Waals surface area (Å²) in [6, 6.07) is 0.979. The minimum atomic E-state index is -2.79. The van der Waals surface area contributed by atoms with E-state index in [0.29, 0.717) is 30.1 Å². The minimum Gasteiger partial charge on any atom is -0.328 e. The molecule has 2 fully saturated rings. The predicted octanol–water partition coefficient (Wildman–Crippen LogP) is 0.375. The Hall–Kier alpha value is -0.130.